The summed E-state index contributed by atoms with van der Waals surface area (Å²) in [4.78, 5) is 3.84. The molecule has 1 radical (unpaired) electrons. The molecule has 37 valence electrons. The molecule has 4 heteroatoms. The normalized spacial score (nSPS) is 9.29. The van der Waals surface area contributed by atoms with E-state index >= 15 is 0 Å². The van der Waals surface area contributed by atoms with Crippen LogP contribution in [-0.2, 0) is 0 Å². The molecule has 7 heavy (non-hydrogen) atoms. The maximum atomic E-state index is 3.87. The third-order valence-corrected chi connectivity index (χ3v) is 1.52. The lowest BCUT2D eigenvalue weighted by molar-refractivity contribution is 1.08. The standard InChI is InChI=1S/C3H3N2S2/c1-6-3-4-2-7-5-3/h2H,1H2. The van der Waals surface area contributed by atoms with Crippen molar-refractivity contribution in [2.45, 2.75) is 5.16 Å². The topological polar surface area (TPSA) is 25.8 Å². The van der Waals surface area contributed by atoms with E-state index in [4.69, 9.17) is 0 Å². The van der Waals surface area contributed by atoms with Crippen LogP contribution in [0, 0.1) is 6.26 Å². The Hall–Kier alpha value is -0.0900. The van der Waals surface area contributed by atoms with Gasteiger partial charge in [0.1, 0.15) is 5.51 Å². The Labute approximate surface area is 50.1 Å². The number of nitrogens with zero attached hydrogens (tertiary/aromatic N) is 2. The minimum absolute atomic E-state index is 0.755. The number of hydrogen-bond donors (Lipinski definition) is 0. The molecule has 1 heterocycles. The van der Waals surface area contributed by atoms with Gasteiger partial charge in [0.25, 0.3) is 0 Å². The van der Waals surface area contributed by atoms with E-state index in [-0.39, 0.29) is 0 Å². The largest absolute Gasteiger partial charge is 0.218 e. The van der Waals surface area contributed by atoms with Gasteiger partial charge in [0.05, 0.1) is 0 Å². The summed E-state index contributed by atoms with van der Waals surface area (Å²) in [5.41, 5.74) is 1.69. The highest BCUT2D eigenvalue weighted by molar-refractivity contribution is 8.00. The molecule has 0 atom stereocenters. The van der Waals surface area contributed by atoms with E-state index in [1.165, 1.54) is 23.3 Å². The third kappa shape index (κ3) is 1.14. The van der Waals surface area contributed by atoms with Gasteiger partial charge in [-0.15, -0.1) is 0 Å². The first-order valence-electron chi connectivity index (χ1n) is 1.62. The van der Waals surface area contributed by atoms with Gasteiger partial charge < -0.3 is 0 Å². The average Bonchev–Trinajstić information content (AvgIpc) is 2.14. The lowest BCUT2D eigenvalue weighted by Gasteiger charge is -1.74. The molecule has 0 amide bonds. The fourth-order valence-corrected chi connectivity index (χ4v) is 1.09. The van der Waals surface area contributed by atoms with Crippen molar-refractivity contribution in [2.75, 3.05) is 0 Å². The second-order valence-electron chi connectivity index (χ2n) is 0.858. The Bertz CT molecular complexity index is 125. The Morgan fingerprint density at radius 2 is 2.71 bits per heavy atom. The molecule has 0 saturated carbocycles. The molecule has 2 nitrogen and oxygen atoms in total. The second-order valence-corrected chi connectivity index (χ2v) is 2.12. The molecule has 0 saturated heterocycles. The third-order valence-electron chi connectivity index (χ3n) is 0.470. The Morgan fingerprint density at radius 1 is 1.86 bits per heavy atom. The zero-order chi connectivity index (χ0) is 5.11. The van der Waals surface area contributed by atoms with Crippen LogP contribution < -0.4 is 0 Å². The molecule has 0 bridgehead atoms. The molecule has 0 unspecified atom stereocenters. The van der Waals surface area contributed by atoms with E-state index in [0.717, 1.165) is 5.16 Å². The van der Waals surface area contributed by atoms with Crippen LogP contribution in [0.5, 0.6) is 0 Å². The van der Waals surface area contributed by atoms with Crippen molar-refractivity contribution in [3.8, 4) is 0 Å². The van der Waals surface area contributed by atoms with Gasteiger partial charge in [-0.25, -0.2) is 4.98 Å². The van der Waals surface area contributed by atoms with E-state index in [9.17, 15) is 0 Å². The summed E-state index contributed by atoms with van der Waals surface area (Å²) in [6, 6.07) is 0. The van der Waals surface area contributed by atoms with Crippen molar-refractivity contribution in [3.63, 3.8) is 0 Å². The minimum atomic E-state index is 0.755. The highest BCUT2D eigenvalue weighted by atomic mass is 32.2. The molecule has 0 aliphatic rings. The molecule has 0 spiro atoms. The predicted molar refractivity (Wildman–Crippen MR) is 31.1 cm³/mol. The molecule has 0 aliphatic carbocycles. The molecule has 0 aliphatic heterocycles. The van der Waals surface area contributed by atoms with Crippen LogP contribution in [0.25, 0.3) is 0 Å². The number of hydrogen-bond acceptors (Lipinski definition) is 4. The molecule has 0 fully saturated rings. The van der Waals surface area contributed by atoms with Crippen molar-refractivity contribution in [2.24, 2.45) is 0 Å². The van der Waals surface area contributed by atoms with Crippen LogP contribution >= 0.6 is 23.3 Å². The van der Waals surface area contributed by atoms with Gasteiger partial charge in [0.2, 0.25) is 0 Å². The van der Waals surface area contributed by atoms with Crippen LogP contribution in [0.4, 0.5) is 0 Å². The van der Waals surface area contributed by atoms with Crippen LogP contribution in [0.1, 0.15) is 0 Å². The van der Waals surface area contributed by atoms with Crippen molar-refractivity contribution >= 4 is 23.3 Å². The molecular weight excluding hydrogens is 128 g/mol. The van der Waals surface area contributed by atoms with Crippen molar-refractivity contribution < 1.29 is 0 Å². The van der Waals surface area contributed by atoms with Crippen LogP contribution in [0.2, 0.25) is 0 Å². The van der Waals surface area contributed by atoms with Crippen LogP contribution in [-0.4, -0.2) is 9.36 Å². The van der Waals surface area contributed by atoms with Gasteiger partial charge in [0.15, 0.2) is 5.16 Å². The molecular formula is C3H3N2S2. The number of thioether (sulfide) groups is 1. The van der Waals surface area contributed by atoms with Crippen molar-refractivity contribution in [1.29, 1.82) is 0 Å². The van der Waals surface area contributed by atoms with Gasteiger partial charge in [-0.2, -0.15) is 4.37 Å². The molecule has 1 rings (SSSR count). The van der Waals surface area contributed by atoms with E-state index in [0.29, 0.717) is 0 Å². The van der Waals surface area contributed by atoms with E-state index < -0.39 is 0 Å². The summed E-state index contributed by atoms with van der Waals surface area (Å²) in [5.74, 6) is 0. The van der Waals surface area contributed by atoms with Crippen LogP contribution in [0.15, 0.2) is 10.7 Å². The van der Waals surface area contributed by atoms with E-state index in [2.05, 4.69) is 15.6 Å². The Morgan fingerprint density at radius 3 is 3.00 bits per heavy atom. The van der Waals surface area contributed by atoms with Gasteiger partial charge in [-0.1, -0.05) is 11.8 Å². The number of aromatic nitrogens is 2. The van der Waals surface area contributed by atoms with Crippen LogP contribution in [0.3, 0.4) is 0 Å². The summed E-state index contributed by atoms with van der Waals surface area (Å²) in [7, 11) is 0. The highest BCUT2D eigenvalue weighted by Crippen LogP contribution is 2.09. The first kappa shape index (κ1) is 5.05. The maximum absolute atomic E-state index is 3.87. The Kier molecular flexibility index (Phi) is 1.64. The summed E-state index contributed by atoms with van der Waals surface area (Å²) < 4.78 is 3.87. The monoisotopic (exact) mass is 131 g/mol. The molecule has 1 aromatic rings. The minimum Gasteiger partial charge on any atom is -0.218 e. The quantitative estimate of drug-likeness (QED) is 0.539. The smallest absolute Gasteiger partial charge is 0.200 e. The molecule has 0 aromatic carbocycles. The van der Waals surface area contributed by atoms with Gasteiger partial charge in [0, 0.05) is 6.26 Å². The van der Waals surface area contributed by atoms with Gasteiger partial charge in [-0.05, 0) is 11.5 Å². The van der Waals surface area contributed by atoms with E-state index in [1.54, 1.807) is 5.51 Å². The van der Waals surface area contributed by atoms with Crippen molar-refractivity contribution in [3.05, 3.63) is 11.8 Å². The summed E-state index contributed by atoms with van der Waals surface area (Å²) in [5, 5.41) is 0.755. The lowest BCUT2D eigenvalue weighted by Crippen LogP contribution is -1.64. The van der Waals surface area contributed by atoms with Crippen molar-refractivity contribution in [1.82, 2.24) is 9.36 Å². The fraction of sp³-hybridized carbons (Fsp3) is 0. The summed E-state index contributed by atoms with van der Waals surface area (Å²) in [6.45, 7) is 0. The Balaban J connectivity index is 2.76. The zero-order valence-electron chi connectivity index (χ0n) is 3.50. The van der Waals surface area contributed by atoms with E-state index in [1.807, 2.05) is 0 Å². The van der Waals surface area contributed by atoms with Gasteiger partial charge >= 0.3 is 0 Å². The fourth-order valence-electron chi connectivity index (χ4n) is 0.225. The first-order valence-corrected chi connectivity index (χ1v) is 3.44. The first-order chi connectivity index (χ1) is 3.43. The second kappa shape index (κ2) is 2.28. The average molecular weight is 131 g/mol. The lowest BCUT2D eigenvalue weighted by atomic mass is 11.3. The summed E-state index contributed by atoms with van der Waals surface area (Å²) >= 11 is 2.66. The number of rotatable bonds is 1. The summed E-state index contributed by atoms with van der Waals surface area (Å²) in [6.07, 6.45) is 3.53. The predicted octanol–water partition coefficient (Wildman–Crippen LogP) is 1.42. The molecule has 1 aromatic heterocycles. The highest BCUT2D eigenvalue weighted by Gasteiger charge is 1.87. The maximum Gasteiger partial charge on any atom is 0.200 e. The zero-order valence-corrected chi connectivity index (χ0v) is 5.13. The van der Waals surface area contributed by atoms with Gasteiger partial charge in [-0.3, -0.25) is 0 Å². The molecule has 0 N–H and O–H groups in total. The SMILES string of the molecule is [CH2]Sc1ncsn1.